The number of rotatable bonds is 5. The van der Waals surface area contributed by atoms with Crippen molar-refractivity contribution in [3.05, 3.63) is 54.0 Å². The predicted octanol–water partition coefficient (Wildman–Crippen LogP) is 2.24. The molecule has 0 radical (unpaired) electrons. The number of amides is 2. The van der Waals surface area contributed by atoms with Crippen LogP contribution in [0.5, 0.6) is 0 Å². The van der Waals surface area contributed by atoms with Crippen LogP contribution in [0.3, 0.4) is 0 Å². The summed E-state index contributed by atoms with van der Waals surface area (Å²) in [5, 5.41) is 2.79. The molecule has 1 aliphatic rings. The standard InChI is InChI=1S/C18H18FN3O2/c19-15-6-3-13(4-7-15)16-8-5-14(12-21-16)18(24)20-9-11-22-10-1-2-17(22)23/h3-8,12H,1-2,9-11H2,(H,20,24). The van der Waals surface area contributed by atoms with Crippen LogP contribution in [0, 0.1) is 5.82 Å². The van der Waals surface area contributed by atoms with Crippen LogP contribution in [0.1, 0.15) is 23.2 Å². The number of nitrogens with zero attached hydrogens (tertiary/aromatic N) is 2. The van der Waals surface area contributed by atoms with Crippen LogP contribution in [0.15, 0.2) is 42.6 Å². The van der Waals surface area contributed by atoms with E-state index in [9.17, 15) is 14.0 Å². The van der Waals surface area contributed by atoms with Crippen molar-refractivity contribution in [1.29, 1.82) is 0 Å². The molecule has 2 heterocycles. The highest BCUT2D eigenvalue weighted by atomic mass is 19.1. The molecule has 3 rings (SSSR count). The number of aromatic nitrogens is 1. The van der Waals surface area contributed by atoms with Gasteiger partial charge >= 0.3 is 0 Å². The Bertz CT molecular complexity index is 729. The molecule has 0 saturated carbocycles. The zero-order valence-corrected chi connectivity index (χ0v) is 13.2. The van der Waals surface area contributed by atoms with Crippen LogP contribution < -0.4 is 5.32 Å². The van der Waals surface area contributed by atoms with E-state index in [0.717, 1.165) is 18.5 Å². The minimum atomic E-state index is -0.300. The monoisotopic (exact) mass is 327 g/mol. The Morgan fingerprint density at radius 3 is 2.62 bits per heavy atom. The third-order valence-corrected chi connectivity index (χ3v) is 4.00. The molecule has 2 aromatic rings. The summed E-state index contributed by atoms with van der Waals surface area (Å²) >= 11 is 0. The summed E-state index contributed by atoms with van der Waals surface area (Å²) < 4.78 is 12.9. The van der Waals surface area contributed by atoms with Crippen molar-refractivity contribution < 1.29 is 14.0 Å². The normalized spacial score (nSPS) is 14.0. The zero-order chi connectivity index (χ0) is 16.9. The Hall–Kier alpha value is -2.76. The van der Waals surface area contributed by atoms with Crippen LogP contribution in [0.25, 0.3) is 11.3 Å². The highest BCUT2D eigenvalue weighted by Crippen LogP contribution is 2.17. The van der Waals surface area contributed by atoms with E-state index < -0.39 is 0 Å². The molecule has 6 heteroatoms. The fourth-order valence-electron chi connectivity index (χ4n) is 2.67. The van der Waals surface area contributed by atoms with E-state index in [-0.39, 0.29) is 17.6 Å². The van der Waals surface area contributed by atoms with E-state index in [2.05, 4.69) is 10.3 Å². The van der Waals surface area contributed by atoms with Gasteiger partial charge in [-0.25, -0.2) is 4.39 Å². The Morgan fingerprint density at radius 2 is 2.00 bits per heavy atom. The van der Waals surface area contributed by atoms with Gasteiger partial charge in [-0.15, -0.1) is 0 Å². The first-order chi connectivity index (χ1) is 11.6. The van der Waals surface area contributed by atoms with Crippen molar-refractivity contribution in [2.75, 3.05) is 19.6 Å². The van der Waals surface area contributed by atoms with Gasteiger partial charge in [0.2, 0.25) is 5.91 Å². The number of likely N-dealkylation sites (tertiary alicyclic amines) is 1. The molecule has 2 amide bonds. The van der Waals surface area contributed by atoms with E-state index in [1.807, 2.05) is 0 Å². The Morgan fingerprint density at radius 1 is 1.21 bits per heavy atom. The van der Waals surface area contributed by atoms with Crippen molar-refractivity contribution in [3.63, 3.8) is 0 Å². The van der Waals surface area contributed by atoms with E-state index in [1.54, 1.807) is 29.2 Å². The first-order valence-electron chi connectivity index (χ1n) is 7.91. The minimum absolute atomic E-state index is 0.148. The smallest absolute Gasteiger partial charge is 0.252 e. The van der Waals surface area contributed by atoms with Crippen molar-refractivity contribution in [1.82, 2.24) is 15.2 Å². The van der Waals surface area contributed by atoms with E-state index in [0.29, 0.717) is 30.8 Å². The first-order valence-corrected chi connectivity index (χ1v) is 7.91. The maximum Gasteiger partial charge on any atom is 0.252 e. The lowest BCUT2D eigenvalue weighted by Gasteiger charge is -2.15. The van der Waals surface area contributed by atoms with Gasteiger partial charge in [0.1, 0.15) is 5.82 Å². The fraction of sp³-hybridized carbons (Fsp3) is 0.278. The second kappa shape index (κ2) is 7.21. The third-order valence-electron chi connectivity index (χ3n) is 4.00. The summed E-state index contributed by atoms with van der Waals surface area (Å²) in [5.74, 6) is -0.374. The van der Waals surface area contributed by atoms with Gasteiger partial charge in [-0.1, -0.05) is 0 Å². The van der Waals surface area contributed by atoms with Gasteiger partial charge in [0.15, 0.2) is 0 Å². The van der Waals surface area contributed by atoms with Crippen molar-refractivity contribution in [2.45, 2.75) is 12.8 Å². The highest BCUT2D eigenvalue weighted by molar-refractivity contribution is 5.94. The summed E-state index contributed by atoms with van der Waals surface area (Å²) in [5.41, 5.74) is 1.92. The van der Waals surface area contributed by atoms with Crippen molar-refractivity contribution in [3.8, 4) is 11.3 Å². The third kappa shape index (κ3) is 3.76. The molecule has 1 N–H and O–H groups in total. The molecular formula is C18H18FN3O2. The average Bonchev–Trinajstić information content (AvgIpc) is 3.01. The second-order valence-corrected chi connectivity index (χ2v) is 5.68. The molecular weight excluding hydrogens is 309 g/mol. The Balaban J connectivity index is 1.55. The largest absolute Gasteiger partial charge is 0.350 e. The van der Waals surface area contributed by atoms with Gasteiger partial charge in [-0.05, 0) is 42.8 Å². The number of carbonyl (C=O) groups is 2. The number of hydrogen-bond acceptors (Lipinski definition) is 3. The van der Waals surface area contributed by atoms with Gasteiger partial charge in [0.25, 0.3) is 5.91 Å². The topological polar surface area (TPSA) is 62.3 Å². The van der Waals surface area contributed by atoms with Gasteiger partial charge in [-0.2, -0.15) is 0 Å². The van der Waals surface area contributed by atoms with Gasteiger partial charge in [0.05, 0.1) is 11.3 Å². The molecule has 0 aliphatic carbocycles. The lowest BCUT2D eigenvalue weighted by molar-refractivity contribution is -0.127. The summed E-state index contributed by atoms with van der Waals surface area (Å²) in [6, 6.07) is 9.44. The molecule has 0 atom stereocenters. The van der Waals surface area contributed by atoms with Gasteiger partial charge in [0, 0.05) is 37.8 Å². The van der Waals surface area contributed by atoms with E-state index in [1.165, 1.54) is 18.3 Å². The fourth-order valence-corrected chi connectivity index (χ4v) is 2.67. The lowest BCUT2D eigenvalue weighted by Crippen LogP contribution is -2.35. The SMILES string of the molecule is O=C(NCCN1CCCC1=O)c1ccc(-c2ccc(F)cc2)nc1. The number of halogens is 1. The molecule has 1 fully saturated rings. The molecule has 24 heavy (non-hydrogen) atoms. The lowest BCUT2D eigenvalue weighted by atomic mass is 10.1. The van der Waals surface area contributed by atoms with Crippen LogP contribution in [-0.2, 0) is 4.79 Å². The number of hydrogen-bond donors (Lipinski definition) is 1. The predicted molar refractivity (Wildman–Crippen MR) is 87.8 cm³/mol. The Kier molecular flexibility index (Phi) is 4.84. The molecule has 1 aromatic carbocycles. The average molecular weight is 327 g/mol. The Labute approximate surface area is 139 Å². The molecule has 1 aliphatic heterocycles. The second-order valence-electron chi connectivity index (χ2n) is 5.68. The summed E-state index contributed by atoms with van der Waals surface area (Å²) in [7, 11) is 0. The van der Waals surface area contributed by atoms with Crippen LogP contribution >= 0.6 is 0 Å². The quantitative estimate of drug-likeness (QED) is 0.916. The zero-order valence-electron chi connectivity index (χ0n) is 13.2. The molecule has 1 aromatic heterocycles. The van der Waals surface area contributed by atoms with Gasteiger partial charge < -0.3 is 10.2 Å². The molecule has 1 saturated heterocycles. The van der Waals surface area contributed by atoms with Crippen molar-refractivity contribution in [2.24, 2.45) is 0 Å². The number of pyridine rings is 1. The van der Waals surface area contributed by atoms with Crippen LogP contribution in [0.4, 0.5) is 4.39 Å². The van der Waals surface area contributed by atoms with Crippen LogP contribution in [-0.4, -0.2) is 41.3 Å². The van der Waals surface area contributed by atoms with Crippen LogP contribution in [0.2, 0.25) is 0 Å². The van der Waals surface area contributed by atoms with Gasteiger partial charge in [-0.3, -0.25) is 14.6 Å². The summed E-state index contributed by atoms with van der Waals surface area (Å²) in [4.78, 5) is 29.6. The molecule has 5 nitrogen and oxygen atoms in total. The molecule has 0 bridgehead atoms. The highest BCUT2D eigenvalue weighted by Gasteiger charge is 2.19. The maximum absolute atomic E-state index is 12.9. The molecule has 124 valence electrons. The van der Waals surface area contributed by atoms with E-state index in [4.69, 9.17) is 0 Å². The molecule has 0 spiro atoms. The molecule has 0 unspecified atom stereocenters. The van der Waals surface area contributed by atoms with E-state index >= 15 is 0 Å². The number of carbonyl (C=O) groups excluding carboxylic acids is 2. The minimum Gasteiger partial charge on any atom is -0.350 e. The number of benzene rings is 1. The van der Waals surface area contributed by atoms with Crippen molar-refractivity contribution >= 4 is 11.8 Å². The number of nitrogens with one attached hydrogen (secondary N) is 1. The summed E-state index contributed by atoms with van der Waals surface area (Å²) in [6.45, 7) is 1.72. The maximum atomic E-state index is 12.9. The summed E-state index contributed by atoms with van der Waals surface area (Å²) in [6.07, 6.45) is 2.99. The first kappa shape index (κ1) is 16.1.